The van der Waals surface area contributed by atoms with E-state index in [1.54, 1.807) is 12.1 Å². The molecule has 2 aliphatic heterocycles. The highest BCUT2D eigenvalue weighted by Gasteiger charge is 2.33. The molecule has 2 aliphatic rings. The van der Waals surface area contributed by atoms with Crippen LogP contribution in [0.5, 0.6) is 5.75 Å². The van der Waals surface area contributed by atoms with Crippen molar-refractivity contribution in [1.82, 2.24) is 9.91 Å². The summed E-state index contributed by atoms with van der Waals surface area (Å²) in [5.41, 5.74) is 3.10. The summed E-state index contributed by atoms with van der Waals surface area (Å²) in [5.74, 6) is 0.894. The topological polar surface area (TPSA) is 45.1 Å². The molecule has 1 saturated heterocycles. The van der Waals surface area contributed by atoms with Gasteiger partial charge in [-0.1, -0.05) is 48.9 Å². The number of piperidine rings is 1. The van der Waals surface area contributed by atoms with Gasteiger partial charge in [0, 0.05) is 19.4 Å². The fourth-order valence-corrected chi connectivity index (χ4v) is 4.21. The average molecular weight is 392 g/mol. The van der Waals surface area contributed by atoms with Crippen LogP contribution in [0, 0.1) is 0 Å². The Labute approximate surface area is 173 Å². The molecule has 5 heteroatoms. The van der Waals surface area contributed by atoms with Crippen molar-refractivity contribution in [3.63, 3.8) is 0 Å². The van der Waals surface area contributed by atoms with Gasteiger partial charge in [-0.25, -0.2) is 5.01 Å². The highest BCUT2D eigenvalue weighted by molar-refractivity contribution is 6.03. The molecule has 2 aromatic rings. The molecule has 0 bridgehead atoms. The van der Waals surface area contributed by atoms with Crippen molar-refractivity contribution in [3.8, 4) is 5.75 Å². The van der Waals surface area contributed by atoms with Crippen LogP contribution in [0.2, 0.25) is 0 Å². The minimum atomic E-state index is -0.0887. The minimum absolute atomic E-state index is 0.0887. The Hall–Kier alpha value is -2.66. The molecule has 29 heavy (non-hydrogen) atoms. The number of nitrogens with zero attached hydrogens (tertiary/aromatic N) is 3. The molecule has 0 aromatic heterocycles. The Morgan fingerprint density at radius 1 is 1.07 bits per heavy atom. The zero-order valence-corrected chi connectivity index (χ0v) is 17.1. The highest BCUT2D eigenvalue weighted by atomic mass is 16.5. The van der Waals surface area contributed by atoms with Crippen LogP contribution in [-0.2, 0) is 4.79 Å². The SMILES string of the molecule is COc1cccc([C@@H]2CC(c3ccccc3)=NN2C(=O)CCN2CCCCC2)c1. The number of rotatable bonds is 6. The monoisotopic (exact) mass is 391 g/mol. The lowest BCUT2D eigenvalue weighted by Gasteiger charge is -2.27. The number of hydrazone groups is 1. The van der Waals surface area contributed by atoms with Crippen LogP contribution in [0.15, 0.2) is 59.7 Å². The molecule has 1 fully saturated rings. The van der Waals surface area contributed by atoms with Crippen LogP contribution >= 0.6 is 0 Å². The number of methoxy groups -OCH3 is 1. The normalized spacial score (nSPS) is 19.8. The molecule has 2 aromatic carbocycles. The Kier molecular flexibility index (Phi) is 6.25. The first-order chi connectivity index (χ1) is 14.2. The van der Waals surface area contributed by atoms with Gasteiger partial charge < -0.3 is 9.64 Å². The number of benzene rings is 2. The lowest BCUT2D eigenvalue weighted by Crippen LogP contribution is -2.35. The van der Waals surface area contributed by atoms with Crippen molar-refractivity contribution in [2.45, 2.75) is 38.1 Å². The first-order valence-corrected chi connectivity index (χ1v) is 10.6. The molecule has 5 nitrogen and oxygen atoms in total. The molecule has 2 heterocycles. The predicted octanol–water partition coefficient (Wildman–Crippen LogP) is 4.25. The summed E-state index contributed by atoms with van der Waals surface area (Å²) in [5, 5.41) is 6.49. The molecule has 0 spiro atoms. The minimum Gasteiger partial charge on any atom is -0.497 e. The number of likely N-dealkylation sites (tertiary alicyclic amines) is 1. The van der Waals surface area contributed by atoms with Crippen molar-refractivity contribution >= 4 is 11.6 Å². The molecule has 1 atom stereocenters. The second-order valence-electron chi connectivity index (χ2n) is 7.80. The Morgan fingerprint density at radius 3 is 2.62 bits per heavy atom. The fourth-order valence-electron chi connectivity index (χ4n) is 4.21. The van der Waals surface area contributed by atoms with Gasteiger partial charge in [0.05, 0.1) is 18.9 Å². The van der Waals surface area contributed by atoms with E-state index >= 15 is 0 Å². The summed E-state index contributed by atoms with van der Waals surface area (Å²) >= 11 is 0. The first kappa shape index (κ1) is 19.6. The number of carbonyl (C=O) groups is 1. The van der Waals surface area contributed by atoms with Crippen molar-refractivity contribution in [3.05, 3.63) is 65.7 Å². The van der Waals surface area contributed by atoms with E-state index in [1.807, 2.05) is 36.4 Å². The van der Waals surface area contributed by atoms with Gasteiger partial charge in [0.25, 0.3) is 0 Å². The van der Waals surface area contributed by atoms with E-state index in [2.05, 4.69) is 23.1 Å². The van der Waals surface area contributed by atoms with E-state index < -0.39 is 0 Å². The summed E-state index contributed by atoms with van der Waals surface area (Å²) in [4.78, 5) is 15.6. The number of amides is 1. The summed E-state index contributed by atoms with van der Waals surface area (Å²) in [6, 6.07) is 18.0. The van der Waals surface area contributed by atoms with E-state index in [4.69, 9.17) is 9.84 Å². The third kappa shape index (κ3) is 4.67. The van der Waals surface area contributed by atoms with E-state index in [-0.39, 0.29) is 11.9 Å². The van der Waals surface area contributed by atoms with Crippen molar-refractivity contribution in [1.29, 1.82) is 0 Å². The fraction of sp³-hybridized carbons (Fsp3) is 0.417. The number of carbonyl (C=O) groups excluding carboxylic acids is 1. The maximum Gasteiger partial charge on any atom is 0.244 e. The summed E-state index contributed by atoms with van der Waals surface area (Å²) in [6.45, 7) is 3.02. The van der Waals surface area contributed by atoms with Gasteiger partial charge in [-0.3, -0.25) is 4.79 Å². The average Bonchev–Trinajstić information content (AvgIpc) is 3.24. The van der Waals surface area contributed by atoms with Gasteiger partial charge in [0.1, 0.15) is 5.75 Å². The molecule has 0 radical (unpaired) electrons. The Bertz CT molecular complexity index is 859. The Balaban J connectivity index is 1.54. The van der Waals surface area contributed by atoms with Gasteiger partial charge >= 0.3 is 0 Å². The van der Waals surface area contributed by atoms with E-state index in [9.17, 15) is 4.79 Å². The highest BCUT2D eigenvalue weighted by Crippen LogP contribution is 2.34. The standard InChI is InChI=1S/C24H29N3O2/c1-29-21-12-8-11-20(17-21)23-18-22(19-9-4-2-5-10-19)25-27(23)24(28)13-16-26-14-6-3-7-15-26/h2,4-5,8-12,17,23H,3,6-7,13-16,18H2,1H3/t23-/m0/s1. The second kappa shape index (κ2) is 9.23. The van der Waals surface area contributed by atoms with Gasteiger partial charge in [-0.15, -0.1) is 0 Å². The smallest absolute Gasteiger partial charge is 0.244 e. The second-order valence-corrected chi connectivity index (χ2v) is 7.80. The maximum absolute atomic E-state index is 13.2. The zero-order valence-electron chi connectivity index (χ0n) is 17.1. The van der Waals surface area contributed by atoms with Crippen LogP contribution < -0.4 is 4.74 Å². The largest absolute Gasteiger partial charge is 0.497 e. The van der Waals surface area contributed by atoms with Crippen LogP contribution in [0.1, 0.15) is 49.3 Å². The zero-order chi connectivity index (χ0) is 20.1. The van der Waals surface area contributed by atoms with Crippen molar-refractivity contribution < 1.29 is 9.53 Å². The molecule has 1 amide bonds. The van der Waals surface area contributed by atoms with Crippen LogP contribution in [0.4, 0.5) is 0 Å². The molecule has 0 N–H and O–H groups in total. The molecule has 152 valence electrons. The number of ether oxygens (including phenoxy) is 1. The summed E-state index contributed by atoms with van der Waals surface area (Å²) in [7, 11) is 1.67. The first-order valence-electron chi connectivity index (χ1n) is 10.6. The third-order valence-corrected chi connectivity index (χ3v) is 5.84. The van der Waals surface area contributed by atoms with E-state index in [1.165, 1.54) is 19.3 Å². The third-order valence-electron chi connectivity index (χ3n) is 5.84. The van der Waals surface area contributed by atoms with Gasteiger partial charge in [0.2, 0.25) is 5.91 Å². The van der Waals surface area contributed by atoms with Gasteiger partial charge in [-0.2, -0.15) is 5.10 Å². The molecule has 0 saturated carbocycles. The number of hydrogen-bond acceptors (Lipinski definition) is 4. The quantitative estimate of drug-likeness (QED) is 0.740. The van der Waals surface area contributed by atoms with Crippen molar-refractivity contribution in [2.75, 3.05) is 26.7 Å². The molecule has 4 rings (SSSR count). The molecular formula is C24H29N3O2. The van der Waals surface area contributed by atoms with Gasteiger partial charge in [-0.05, 0) is 49.2 Å². The molecular weight excluding hydrogens is 362 g/mol. The van der Waals surface area contributed by atoms with Crippen LogP contribution in [-0.4, -0.2) is 48.3 Å². The summed E-state index contributed by atoms with van der Waals surface area (Å²) < 4.78 is 5.40. The van der Waals surface area contributed by atoms with E-state index in [0.29, 0.717) is 12.8 Å². The lowest BCUT2D eigenvalue weighted by molar-refractivity contribution is -0.133. The summed E-state index contributed by atoms with van der Waals surface area (Å²) in [6.07, 6.45) is 5.00. The van der Waals surface area contributed by atoms with Gasteiger partial charge in [0.15, 0.2) is 0 Å². The van der Waals surface area contributed by atoms with E-state index in [0.717, 1.165) is 42.2 Å². The molecule has 0 unspecified atom stereocenters. The Morgan fingerprint density at radius 2 is 1.86 bits per heavy atom. The van der Waals surface area contributed by atoms with Crippen molar-refractivity contribution in [2.24, 2.45) is 5.10 Å². The van der Waals surface area contributed by atoms with Crippen LogP contribution in [0.3, 0.4) is 0 Å². The van der Waals surface area contributed by atoms with Crippen LogP contribution in [0.25, 0.3) is 0 Å². The molecule has 0 aliphatic carbocycles. The lowest BCUT2D eigenvalue weighted by atomic mass is 9.98. The maximum atomic E-state index is 13.2. The predicted molar refractivity (Wildman–Crippen MR) is 115 cm³/mol. The number of hydrogen-bond donors (Lipinski definition) is 0.